The zero-order chi connectivity index (χ0) is 36.0. The molecule has 0 aliphatic heterocycles. The molecule has 0 saturated heterocycles. The van der Waals surface area contributed by atoms with Crippen LogP contribution in [-0.2, 0) is 28.6 Å². The van der Waals surface area contributed by atoms with Crippen molar-refractivity contribution in [1.29, 1.82) is 0 Å². The van der Waals surface area contributed by atoms with Crippen molar-refractivity contribution >= 4 is 17.7 Å². The second-order valence-electron chi connectivity index (χ2n) is 15.7. The van der Waals surface area contributed by atoms with Crippen molar-refractivity contribution in [2.45, 2.75) is 144 Å². The Morgan fingerprint density at radius 2 is 1.46 bits per heavy atom. The number of aliphatic carboxylic acids is 1. The maximum atomic E-state index is 12.5. The summed E-state index contributed by atoms with van der Waals surface area (Å²) < 4.78 is 16.7. The number of carbonyl (C=O) groups is 3. The van der Waals surface area contributed by atoms with Crippen molar-refractivity contribution < 1.29 is 33.7 Å². The standard InChI is InChI=1S/C38H73N3O7/c1-29(15-16-32-31(3)14-9-19-37(32,4)5)12-8-13-30(2)28-34(42)40-20-10-22-46-24-26-48-27-25-47-23-11-21-41-38(6,7)36(45)33(39)17-18-35(43)44/h29-33,41H,8-28,39H2,1-7H3,(H,40,42)(H,43,44). The number of carboxylic acid groups (broad SMARTS) is 1. The lowest BCUT2D eigenvalue weighted by Gasteiger charge is -2.43. The largest absolute Gasteiger partial charge is 0.481 e. The number of ketones is 1. The van der Waals surface area contributed by atoms with Crippen LogP contribution in [0.3, 0.4) is 0 Å². The van der Waals surface area contributed by atoms with Crippen LogP contribution < -0.4 is 16.4 Å². The third-order valence-corrected chi connectivity index (χ3v) is 10.3. The quantitative estimate of drug-likeness (QED) is 0.0683. The molecule has 0 radical (unpaired) electrons. The van der Waals surface area contributed by atoms with E-state index < -0.39 is 17.6 Å². The molecule has 0 aromatic carbocycles. The molecule has 1 aliphatic rings. The van der Waals surface area contributed by atoms with Crippen molar-refractivity contribution in [3.05, 3.63) is 0 Å². The Morgan fingerprint density at radius 3 is 2.06 bits per heavy atom. The number of carboxylic acids is 1. The fourth-order valence-corrected chi connectivity index (χ4v) is 7.11. The van der Waals surface area contributed by atoms with Gasteiger partial charge in [0.25, 0.3) is 0 Å². The molecule has 1 fully saturated rings. The Kier molecular flexibility index (Phi) is 22.7. The molecule has 5 N–H and O–H groups in total. The molecular formula is C38H73N3O7. The van der Waals surface area contributed by atoms with Gasteiger partial charge in [-0.15, -0.1) is 0 Å². The summed E-state index contributed by atoms with van der Waals surface area (Å²) in [6.45, 7) is 19.8. The van der Waals surface area contributed by atoms with E-state index in [4.69, 9.17) is 25.1 Å². The van der Waals surface area contributed by atoms with Crippen LogP contribution in [0.25, 0.3) is 0 Å². The predicted molar refractivity (Wildman–Crippen MR) is 193 cm³/mol. The Balaban J connectivity index is 1.93. The molecule has 10 heteroatoms. The normalized spacial score (nSPS) is 19.8. The first-order valence-electron chi connectivity index (χ1n) is 18.9. The Labute approximate surface area is 292 Å². The first kappa shape index (κ1) is 44.4. The van der Waals surface area contributed by atoms with E-state index in [0.717, 1.165) is 37.0 Å². The molecule has 0 spiro atoms. The van der Waals surface area contributed by atoms with Gasteiger partial charge in [-0.05, 0) is 81.6 Å². The summed E-state index contributed by atoms with van der Waals surface area (Å²) in [6, 6.07) is -0.799. The minimum Gasteiger partial charge on any atom is -0.481 e. The molecule has 1 rings (SSSR count). The third kappa shape index (κ3) is 20.2. The summed E-state index contributed by atoms with van der Waals surface area (Å²) in [7, 11) is 0. The molecule has 0 bridgehead atoms. The van der Waals surface area contributed by atoms with Gasteiger partial charge in [-0.25, -0.2) is 0 Å². The topological polar surface area (TPSA) is 149 Å². The van der Waals surface area contributed by atoms with E-state index in [2.05, 4.69) is 45.3 Å². The monoisotopic (exact) mass is 684 g/mol. The highest BCUT2D eigenvalue weighted by Gasteiger charge is 2.36. The number of carbonyl (C=O) groups excluding carboxylic acids is 2. The average Bonchev–Trinajstić information content (AvgIpc) is 3.00. The first-order valence-corrected chi connectivity index (χ1v) is 18.9. The van der Waals surface area contributed by atoms with Crippen LogP contribution in [-0.4, -0.2) is 87.1 Å². The fraction of sp³-hybridized carbons (Fsp3) is 0.921. The molecule has 1 amide bonds. The summed E-state index contributed by atoms with van der Waals surface area (Å²) in [5, 5.41) is 15.0. The van der Waals surface area contributed by atoms with Gasteiger partial charge >= 0.3 is 5.97 Å². The number of amides is 1. The molecule has 10 nitrogen and oxygen atoms in total. The fourth-order valence-electron chi connectivity index (χ4n) is 7.11. The second kappa shape index (κ2) is 24.5. The van der Waals surface area contributed by atoms with Gasteiger partial charge in [0.2, 0.25) is 5.91 Å². The number of Topliss-reactive ketones (excluding diaryl/α,β-unsaturated/α-hetero) is 1. The van der Waals surface area contributed by atoms with Gasteiger partial charge < -0.3 is 35.7 Å². The van der Waals surface area contributed by atoms with Crippen LogP contribution in [0.5, 0.6) is 0 Å². The number of hydrogen-bond donors (Lipinski definition) is 4. The molecule has 0 heterocycles. The van der Waals surface area contributed by atoms with Crippen molar-refractivity contribution in [3.63, 3.8) is 0 Å². The van der Waals surface area contributed by atoms with E-state index in [1.165, 1.54) is 44.9 Å². The van der Waals surface area contributed by atoms with Gasteiger partial charge in [0.1, 0.15) is 0 Å². The summed E-state index contributed by atoms with van der Waals surface area (Å²) in [5.74, 6) is 1.87. The maximum Gasteiger partial charge on any atom is 0.303 e. The second-order valence-corrected chi connectivity index (χ2v) is 15.7. The predicted octanol–water partition coefficient (Wildman–Crippen LogP) is 6.14. The number of ether oxygens (including phenoxy) is 3. The van der Waals surface area contributed by atoms with Crippen molar-refractivity contribution in [1.82, 2.24) is 10.6 Å². The van der Waals surface area contributed by atoms with Crippen molar-refractivity contribution in [3.8, 4) is 0 Å². The van der Waals surface area contributed by atoms with Gasteiger partial charge in [0.05, 0.1) is 38.0 Å². The SMILES string of the molecule is CC(CCCC(C)CC(=O)NCCCOCCOCCOCCCNC(C)(C)C(=O)C(N)CCC(=O)O)CCC1C(C)CCCC1(C)C. The van der Waals surface area contributed by atoms with Gasteiger partial charge in [0.15, 0.2) is 5.78 Å². The van der Waals surface area contributed by atoms with Gasteiger partial charge in [0, 0.05) is 32.6 Å². The highest BCUT2D eigenvalue weighted by Crippen LogP contribution is 2.46. The zero-order valence-corrected chi connectivity index (χ0v) is 31.7. The smallest absolute Gasteiger partial charge is 0.303 e. The molecule has 0 aromatic rings. The van der Waals surface area contributed by atoms with E-state index in [9.17, 15) is 14.4 Å². The van der Waals surface area contributed by atoms with Crippen LogP contribution in [0.1, 0.15) is 132 Å². The van der Waals surface area contributed by atoms with Gasteiger partial charge in [-0.1, -0.05) is 73.1 Å². The molecule has 1 saturated carbocycles. The summed E-state index contributed by atoms with van der Waals surface area (Å²) in [5.41, 5.74) is 5.53. The Bertz CT molecular complexity index is 898. The molecular weight excluding hydrogens is 610 g/mol. The maximum absolute atomic E-state index is 12.5. The number of nitrogens with two attached hydrogens (primary N) is 1. The molecule has 1 aliphatic carbocycles. The van der Waals surface area contributed by atoms with Crippen LogP contribution in [0.4, 0.5) is 0 Å². The lowest BCUT2D eigenvalue weighted by atomic mass is 9.62. The van der Waals surface area contributed by atoms with E-state index in [-0.39, 0.29) is 24.5 Å². The lowest BCUT2D eigenvalue weighted by molar-refractivity contribution is -0.137. The van der Waals surface area contributed by atoms with E-state index >= 15 is 0 Å². The van der Waals surface area contributed by atoms with Gasteiger partial charge in [-0.3, -0.25) is 14.4 Å². The number of rotatable bonds is 29. The Morgan fingerprint density at radius 1 is 0.875 bits per heavy atom. The van der Waals surface area contributed by atoms with Crippen LogP contribution in [0.15, 0.2) is 0 Å². The van der Waals surface area contributed by atoms with E-state index in [0.29, 0.717) is 70.5 Å². The van der Waals surface area contributed by atoms with Gasteiger partial charge in [-0.2, -0.15) is 0 Å². The molecule has 282 valence electrons. The highest BCUT2D eigenvalue weighted by atomic mass is 16.5. The van der Waals surface area contributed by atoms with E-state index in [1.54, 1.807) is 13.8 Å². The molecule has 5 unspecified atom stereocenters. The number of nitrogens with one attached hydrogen (secondary N) is 2. The van der Waals surface area contributed by atoms with E-state index in [1.807, 2.05) is 0 Å². The first-order chi connectivity index (χ1) is 22.7. The minimum absolute atomic E-state index is 0.122. The lowest BCUT2D eigenvalue weighted by Crippen LogP contribution is -2.54. The molecule has 0 aromatic heterocycles. The van der Waals surface area contributed by atoms with Crippen molar-refractivity contribution in [2.24, 2.45) is 34.8 Å². The summed E-state index contributed by atoms with van der Waals surface area (Å²) >= 11 is 0. The highest BCUT2D eigenvalue weighted by molar-refractivity contribution is 5.92. The molecule has 48 heavy (non-hydrogen) atoms. The average molecular weight is 684 g/mol. The van der Waals surface area contributed by atoms with Crippen molar-refractivity contribution in [2.75, 3.05) is 52.7 Å². The number of hydrogen-bond acceptors (Lipinski definition) is 8. The third-order valence-electron chi connectivity index (χ3n) is 10.3. The summed E-state index contributed by atoms with van der Waals surface area (Å²) in [6.07, 6.45) is 12.5. The summed E-state index contributed by atoms with van der Waals surface area (Å²) in [4.78, 5) is 35.5. The van der Waals surface area contributed by atoms with Crippen LogP contribution in [0, 0.1) is 29.1 Å². The molecule has 5 atom stereocenters. The zero-order valence-electron chi connectivity index (χ0n) is 31.7. The van der Waals surface area contributed by atoms with Crippen LogP contribution in [0.2, 0.25) is 0 Å². The minimum atomic E-state index is -0.959. The Hall–Kier alpha value is -1.59. The van der Waals surface area contributed by atoms with Crippen LogP contribution >= 0.6 is 0 Å².